The molecule has 1 unspecified atom stereocenters. The summed E-state index contributed by atoms with van der Waals surface area (Å²) in [6.45, 7) is 3.19. The van der Waals surface area contributed by atoms with Crippen LogP contribution < -0.4 is 5.32 Å². The van der Waals surface area contributed by atoms with Gasteiger partial charge in [0.1, 0.15) is 0 Å². The van der Waals surface area contributed by atoms with Crippen molar-refractivity contribution in [2.75, 3.05) is 6.54 Å². The Morgan fingerprint density at radius 1 is 1.10 bits per heavy atom. The Hall–Kier alpha value is -0.710. The summed E-state index contributed by atoms with van der Waals surface area (Å²) in [6, 6.07) is 10.9. The lowest BCUT2D eigenvalue weighted by Gasteiger charge is -2.19. The highest BCUT2D eigenvalue weighted by molar-refractivity contribution is 9.10. The first-order chi connectivity index (χ1) is 9.69. The number of rotatable bonds is 6. The lowest BCUT2D eigenvalue weighted by molar-refractivity contribution is 0.527. The van der Waals surface area contributed by atoms with E-state index in [1.807, 2.05) is 12.4 Å². The fraction of sp³-hybridized carbons (Fsp3) is 0.312. The lowest BCUT2D eigenvalue weighted by atomic mass is 10.00. The van der Waals surface area contributed by atoms with Gasteiger partial charge in [-0.1, -0.05) is 35.0 Å². The SMILES string of the molecule is CCCNC(Cc1ccc(Br)cc1)c1cncc(Br)c1. The van der Waals surface area contributed by atoms with Crippen molar-refractivity contribution in [1.82, 2.24) is 10.3 Å². The van der Waals surface area contributed by atoms with Crippen LogP contribution in [0.3, 0.4) is 0 Å². The Morgan fingerprint density at radius 3 is 2.50 bits per heavy atom. The number of hydrogen-bond donors (Lipinski definition) is 1. The maximum Gasteiger partial charge on any atom is 0.0410 e. The molecule has 1 aromatic heterocycles. The van der Waals surface area contributed by atoms with Crippen LogP contribution in [-0.4, -0.2) is 11.5 Å². The van der Waals surface area contributed by atoms with Crippen molar-refractivity contribution in [3.63, 3.8) is 0 Å². The van der Waals surface area contributed by atoms with Crippen molar-refractivity contribution in [1.29, 1.82) is 0 Å². The molecule has 0 bridgehead atoms. The van der Waals surface area contributed by atoms with Gasteiger partial charge in [0.2, 0.25) is 0 Å². The third-order valence-electron chi connectivity index (χ3n) is 3.12. The van der Waals surface area contributed by atoms with Crippen molar-refractivity contribution < 1.29 is 0 Å². The molecule has 2 nitrogen and oxygen atoms in total. The van der Waals surface area contributed by atoms with Crippen molar-refractivity contribution in [3.05, 3.63) is 62.8 Å². The fourth-order valence-corrected chi connectivity index (χ4v) is 2.75. The van der Waals surface area contributed by atoms with E-state index in [2.05, 4.69) is 79.4 Å². The van der Waals surface area contributed by atoms with Crippen molar-refractivity contribution in [2.24, 2.45) is 0 Å². The number of nitrogens with one attached hydrogen (secondary N) is 1. The van der Waals surface area contributed by atoms with E-state index >= 15 is 0 Å². The molecule has 0 aliphatic carbocycles. The molecule has 0 radical (unpaired) electrons. The van der Waals surface area contributed by atoms with Crippen molar-refractivity contribution >= 4 is 31.9 Å². The van der Waals surface area contributed by atoms with Gasteiger partial charge in [-0.2, -0.15) is 0 Å². The summed E-state index contributed by atoms with van der Waals surface area (Å²) >= 11 is 6.97. The molecular formula is C16H18Br2N2. The third kappa shape index (κ3) is 4.69. The predicted octanol–water partition coefficient (Wildman–Crippen LogP) is 4.89. The van der Waals surface area contributed by atoms with E-state index in [-0.39, 0.29) is 0 Å². The van der Waals surface area contributed by atoms with E-state index in [4.69, 9.17) is 0 Å². The van der Waals surface area contributed by atoms with Gasteiger partial charge in [0.15, 0.2) is 0 Å². The molecule has 106 valence electrons. The molecule has 1 heterocycles. The Balaban J connectivity index is 2.16. The van der Waals surface area contributed by atoms with E-state index in [9.17, 15) is 0 Å². The van der Waals surface area contributed by atoms with E-state index in [1.54, 1.807) is 0 Å². The van der Waals surface area contributed by atoms with Gasteiger partial charge in [0, 0.05) is 27.4 Å². The first-order valence-electron chi connectivity index (χ1n) is 6.77. The molecule has 1 aromatic carbocycles. The zero-order chi connectivity index (χ0) is 14.4. The van der Waals surface area contributed by atoms with Crippen LogP contribution in [0.2, 0.25) is 0 Å². The minimum atomic E-state index is 0.293. The van der Waals surface area contributed by atoms with Crippen LogP contribution in [0.15, 0.2) is 51.7 Å². The quantitative estimate of drug-likeness (QED) is 0.750. The Labute approximate surface area is 137 Å². The fourth-order valence-electron chi connectivity index (χ4n) is 2.10. The van der Waals surface area contributed by atoms with Crippen LogP contribution in [0.1, 0.15) is 30.5 Å². The number of benzene rings is 1. The molecule has 1 N–H and O–H groups in total. The summed E-state index contributed by atoms with van der Waals surface area (Å²) in [5, 5.41) is 3.60. The standard InChI is InChI=1S/C16H18Br2N2/c1-2-7-20-16(13-9-15(18)11-19-10-13)8-12-3-5-14(17)6-4-12/h3-6,9-11,16,20H,2,7-8H2,1H3. The number of hydrogen-bond acceptors (Lipinski definition) is 2. The summed E-state index contributed by atoms with van der Waals surface area (Å²) in [5.74, 6) is 0. The summed E-state index contributed by atoms with van der Waals surface area (Å²) in [5.41, 5.74) is 2.54. The van der Waals surface area contributed by atoms with Gasteiger partial charge in [0.25, 0.3) is 0 Å². The maximum atomic E-state index is 4.27. The monoisotopic (exact) mass is 396 g/mol. The average molecular weight is 398 g/mol. The summed E-state index contributed by atoms with van der Waals surface area (Å²) in [6.07, 6.45) is 5.85. The van der Waals surface area contributed by atoms with Gasteiger partial charge in [-0.25, -0.2) is 0 Å². The second-order valence-electron chi connectivity index (χ2n) is 4.77. The van der Waals surface area contributed by atoms with Gasteiger partial charge < -0.3 is 5.32 Å². The van der Waals surface area contributed by atoms with Crippen molar-refractivity contribution in [3.8, 4) is 0 Å². The molecule has 2 aromatic rings. The Bertz CT molecular complexity index is 540. The molecule has 0 amide bonds. The average Bonchev–Trinajstić information content (AvgIpc) is 2.45. The summed E-state index contributed by atoms with van der Waals surface area (Å²) < 4.78 is 2.14. The number of pyridine rings is 1. The van der Waals surface area contributed by atoms with Gasteiger partial charge >= 0.3 is 0 Å². The number of aromatic nitrogens is 1. The summed E-state index contributed by atoms with van der Waals surface area (Å²) in [7, 11) is 0. The molecule has 20 heavy (non-hydrogen) atoms. The second kappa shape index (κ2) is 7.91. The molecule has 0 fully saturated rings. The van der Waals surface area contributed by atoms with Crippen LogP contribution in [0.5, 0.6) is 0 Å². The molecule has 4 heteroatoms. The summed E-state index contributed by atoms with van der Waals surface area (Å²) in [4.78, 5) is 4.27. The van der Waals surface area contributed by atoms with Crippen molar-refractivity contribution in [2.45, 2.75) is 25.8 Å². The van der Waals surface area contributed by atoms with Crippen LogP contribution >= 0.6 is 31.9 Å². The van der Waals surface area contributed by atoms with Gasteiger partial charge in [0.05, 0.1) is 0 Å². The van der Waals surface area contributed by atoms with Crippen LogP contribution in [-0.2, 0) is 6.42 Å². The highest BCUT2D eigenvalue weighted by Crippen LogP contribution is 2.22. The molecule has 0 saturated heterocycles. The smallest absolute Gasteiger partial charge is 0.0410 e. The van der Waals surface area contributed by atoms with Gasteiger partial charge in [-0.3, -0.25) is 4.98 Å². The molecule has 1 atom stereocenters. The van der Waals surface area contributed by atoms with Crippen LogP contribution in [0, 0.1) is 0 Å². The Kier molecular flexibility index (Phi) is 6.20. The molecule has 0 spiro atoms. The largest absolute Gasteiger partial charge is 0.310 e. The first kappa shape index (κ1) is 15.7. The molecule has 0 aliphatic heterocycles. The molecule has 0 aliphatic rings. The maximum absolute atomic E-state index is 4.27. The Morgan fingerprint density at radius 2 is 1.85 bits per heavy atom. The zero-order valence-electron chi connectivity index (χ0n) is 11.4. The normalized spacial score (nSPS) is 12.3. The minimum absolute atomic E-state index is 0.293. The van der Waals surface area contributed by atoms with Crippen LogP contribution in [0.4, 0.5) is 0 Å². The molecular weight excluding hydrogens is 380 g/mol. The zero-order valence-corrected chi connectivity index (χ0v) is 14.6. The molecule has 2 rings (SSSR count). The first-order valence-corrected chi connectivity index (χ1v) is 8.36. The van der Waals surface area contributed by atoms with Gasteiger partial charge in [-0.05, 0) is 64.6 Å². The minimum Gasteiger partial charge on any atom is -0.310 e. The molecule has 0 saturated carbocycles. The number of halogens is 2. The van der Waals surface area contributed by atoms with E-state index in [1.165, 1.54) is 11.1 Å². The highest BCUT2D eigenvalue weighted by Gasteiger charge is 2.12. The van der Waals surface area contributed by atoms with E-state index in [0.717, 1.165) is 28.3 Å². The second-order valence-corrected chi connectivity index (χ2v) is 6.61. The lowest BCUT2D eigenvalue weighted by Crippen LogP contribution is -2.24. The predicted molar refractivity (Wildman–Crippen MR) is 90.8 cm³/mol. The van der Waals surface area contributed by atoms with Crippen LogP contribution in [0.25, 0.3) is 0 Å². The van der Waals surface area contributed by atoms with E-state index < -0.39 is 0 Å². The highest BCUT2D eigenvalue weighted by atomic mass is 79.9. The number of nitrogens with zero attached hydrogens (tertiary/aromatic N) is 1. The topological polar surface area (TPSA) is 24.9 Å². The van der Waals surface area contributed by atoms with E-state index in [0.29, 0.717) is 6.04 Å². The third-order valence-corrected chi connectivity index (χ3v) is 4.08. The van der Waals surface area contributed by atoms with Gasteiger partial charge in [-0.15, -0.1) is 0 Å².